The molecule has 0 radical (unpaired) electrons. The number of carbonyl (C=O) groups is 3. The second-order valence-electron chi connectivity index (χ2n) is 26.9. The van der Waals surface area contributed by atoms with Gasteiger partial charge in [-0.3, -0.25) is 9.59 Å². The number of aliphatic carboxylic acids is 1. The Hall–Kier alpha value is -4.31. The minimum Gasteiger partial charge on any atom is -0.477 e. The van der Waals surface area contributed by atoms with Crippen LogP contribution in [-0.2, 0) is 33.3 Å². The van der Waals surface area contributed by atoms with Crippen molar-refractivity contribution < 1.29 is 42.9 Å². The van der Waals surface area contributed by atoms with Crippen LogP contribution in [-0.4, -0.2) is 87.4 Å². The fraction of sp³-hybridized carbons (Fsp3) is 0.726. The molecule has 0 fully saturated rings. The van der Waals surface area contributed by atoms with E-state index in [0.717, 1.165) is 103 Å². The third kappa shape index (κ3) is 74.9. The molecule has 0 aliphatic rings. The molecule has 0 saturated heterocycles. The lowest BCUT2D eigenvalue weighted by Crippen LogP contribution is -2.40. The molecule has 534 valence electrons. The van der Waals surface area contributed by atoms with E-state index in [1.807, 2.05) is 21.1 Å². The highest BCUT2D eigenvalue weighted by molar-refractivity contribution is 5.71. The highest BCUT2D eigenvalue weighted by Gasteiger charge is 2.25. The van der Waals surface area contributed by atoms with Crippen molar-refractivity contribution in [2.24, 2.45) is 0 Å². The number of hydrogen-bond acceptors (Lipinski definition) is 7. The zero-order valence-corrected chi connectivity index (χ0v) is 61.1. The van der Waals surface area contributed by atoms with Crippen LogP contribution in [0.4, 0.5) is 0 Å². The number of carboxylic acids is 1. The molecular formula is C84H146NO8+. The maximum atomic E-state index is 13.0. The predicted octanol–water partition coefficient (Wildman–Crippen LogP) is 24.7. The molecule has 0 aliphatic heterocycles. The van der Waals surface area contributed by atoms with Crippen molar-refractivity contribution in [2.45, 2.75) is 347 Å². The Kier molecular flexibility index (Phi) is 70.1. The van der Waals surface area contributed by atoms with Gasteiger partial charge in [-0.2, -0.15) is 0 Å². The van der Waals surface area contributed by atoms with Crippen LogP contribution in [0.2, 0.25) is 0 Å². The van der Waals surface area contributed by atoms with Gasteiger partial charge in [0.15, 0.2) is 6.10 Å². The van der Waals surface area contributed by atoms with Crippen LogP contribution >= 0.6 is 0 Å². The van der Waals surface area contributed by atoms with Gasteiger partial charge in [-0.05, 0) is 103 Å². The van der Waals surface area contributed by atoms with E-state index in [9.17, 15) is 19.5 Å². The van der Waals surface area contributed by atoms with E-state index >= 15 is 0 Å². The molecule has 2 unspecified atom stereocenters. The summed E-state index contributed by atoms with van der Waals surface area (Å²) in [4.78, 5) is 37.7. The van der Waals surface area contributed by atoms with Crippen LogP contribution in [0.15, 0.2) is 122 Å². The third-order valence-electron chi connectivity index (χ3n) is 16.7. The summed E-state index contributed by atoms with van der Waals surface area (Å²) in [7, 11) is 5.99. The Bertz CT molecular complexity index is 1950. The van der Waals surface area contributed by atoms with Gasteiger partial charge in [0, 0.05) is 12.8 Å². The maximum Gasteiger partial charge on any atom is 0.361 e. The van der Waals surface area contributed by atoms with E-state index in [4.69, 9.17) is 18.9 Å². The van der Waals surface area contributed by atoms with Crippen molar-refractivity contribution >= 4 is 17.9 Å². The lowest BCUT2D eigenvalue weighted by atomic mass is 10.0. The standard InChI is InChI=1S/C84H145NO8/c1-6-8-10-12-14-16-18-20-22-24-26-28-30-32-34-36-38-39-40-41-42-43-45-47-49-51-53-55-57-59-61-63-65-67-69-71-73-75-82(87)93-80(79-92-84(83(88)89)90-77-76-85(3,4)5)78-91-81(86)74-72-70-68-66-64-62-60-58-56-54-52-50-48-46-44-37-35-33-31-29-27-25-23-21-19-17-15-13-11-9-7-2/h8-11,14-17,20-23,26-29,32-35,80,84H,6-7,12-13,18-19,24-25,30-31,36-79H2,1-5H3/p+1/b10-8-,11-9-,16-14-,17-15-,22-20-,23-21-,28-26-,29-27-,34-32-,35-33-. The summed E-state index contributed by atoms with van der Waals surface area (Å²) in [6.07, 6.45) is 102. The summed E-state index contributed by atoms with van der Waals surface area (Å²) in [5.41, 5.74) is 0. The smallest absolute Gasteiger partial charge is 0.361 e. The molecule has 0 saturated carbocycles. The van der Waals surface area contributed by atoms with Gasteiger partial charge in [0.1, 0.15) is 13.2 Å². The molecule has 93 heavy (non-hydrogen) atoms. The highest BCUT2D eigenvalue weighted by Crippen LogP contribution is 2.18. The quantitative estimate of drug-likeness (QED) is 0.0211. The molecule has 0 heterocycles. The fourth-order valence-electron chi connectivity index (χ4n) is 10.9. The number of unbranched alkanes of at least 4 members (excludes halogenated alkanes) is 36. The number of quaternary nitrogens is 1. The second-order valence-corrected chi connectivity index (χ2v) is 26.9. The van der Waals surface area contributed by atoms with Crippen LogP contribution in [0, 0.1) is 0 Å². The monoisotopic (exact) mass is 1300 g/mol. The Morgan fingerprint density at radius 3 is 0.860 bits per heavy atom. The van der Waals surface area contributed by atoms with E-state index in [2.05, 4.69) is 135 Å². The molecule has 1 N–H and O–H groups in total. The SMILES string of the molecule is CC/C=C\C/C=C\C/C=C\C/C=C\C/C=C\CCCCCCCCCCCCCCCCCCCCCCCC(=O)OC(COC(=O)CCCCCCCCCCCCCCCCC/C=C\C/C=C\C/C=C\C/C=C\C/C=C\CC)COC(OCC[N+](C)(C)C)C(=O)O. The van der Waals surface area contributed by atoms with Gasteiger partial charge in [-0.1, -0.05) is 341 Å². The molecule has 0 amide bonds. The molecule has 0 spiro atoms. The van der Waals surface area contributed by atoms with Crippen LogP contribution in [0.3, 0.4) is 0 Å². The number of ether oxygens (including phenoxy) is 4. The molecule has 0 aromatic rings. The average Bonchev–Trinajstić information content (AvgIpc) is 3.73. The molecule has 0 bridgehead atoms. The lowest BCUT2D eigenvalue weighted by Gasteiger charge is -2.25. The minimum atomic E-state index is -1.51. The zero-order chi connectivity index (χ0) is 67.5. The van der Waals surface area contributed by atoms with Gasteiger partial charge in [-0.15, -0.1) is 0 Å². The van der Waals surface area contributed by atoms with Gasteiger partial charge in [0.25, 0.3) is 6.29 Å². The maximum absolute atomic E-state index is 13.0. The van der Waals surface area contributed by atoms with E-state index in [1.165, 1.54) is 205 Å². The molecule has 0 aromatic heterocycles. The van der Waals surface area contributed by atoms with Gasteiger partial charge in [-0.25, -0.2) is 4.79 Å². The fourth-order valence-corrected chi connectivity index (χ4v) is 10.9. The first-order valence-electron chi connectivity index (χ1n) is 38.7. The molecule has 2 atom stereocenters. The van der Waals surface area contributed by atoms with Crippen LogP contribution < -0.4 is 0 Å². The summed E-state index contributed by atoms with van der Waals surface area (Å²) >= 11 is 0. The average molecular weight is 1300 g/mol. The summed E-state index contributed by atoms with van der Waals surface area (Å²) in [5, 5.41) is 9.77. The van der Waals surface area contributed by atoms with Gasteiger partial charge in [0.2, 0.25) is 0 Å². The molecule has 9 heteroatoms. The molecule has 0 aliphatic carbocycles. The summed E-state index contributed by atoms with van der Waals surface area (Å²) in [6, 6.07) is 0. The number of carbonyl (C=O) groups excluding carboxylic acids is 2. The molecular weight excluding hydrogens is 1150 g/mol. The lowest BCUT2D eigenvalue weighted by molar-refractivity contribution is -0.870. The number of likely N-dealkylation sites (N-methyl/N-ethyl adjacent to an activating group) is 1. The minimum absolute atomic E-state index is 0.183. The third-order valence-corrected chi connectivity index (χ3v) is 16.7. The Labute approximate surface area is 574 Å². The highest BCUT2D eigenvalue weighted by atomic mass is 16.7. The first kappa shape index (κ1) is 88.7. The first-order chi connectivity index (χ1) is 45.6. The number of nitrogens with zero attached hydrogens (tertiary/aromatic N) is 1. The summed E-state index contributed by atoms with van der Waals surface area (Å²) in [5.74, 6) is -1.99. The molecule has 0 rings (SSSR count). The van der Waals surface area contributed by atoms with Crippen LogP contribution in [0.25, 0.3) is 0 Å². The largest absolute Gasteiger partial charge is 0.477 e. The van der Waals surface area contributed by atoms with Gasteiger partial charge in [0.05, 0.1) is 34.4 Å². The summed E-state index contributed by atoms with van der Waals surface area (Å²) < 4.78 is 23.0. The molecule has 0 aromatic carbocycles. The van der Waals surface area contributed by atoms with Crippen molar-refractivity contribution in [3.05, 3.63) is 122 Å². The van der Waals surface area contributed by atoms with Gasteiger partial charge >= 0.3 is 17.9 Å². The number of allylic oxidation sites excluding steroid dienone is 20. The predicted molar refractivity (Wildman–Crippen MR) is 401 cm³/mol. The van der Waals surface area contributed by atoms with Crippen molar-refractivity contribution in [2.75, 3.05) is 47.5 Å². The van der Waals surface area contributed by atoms with E-state index in [1.54, 1.807) is 0 Å². The first-order valence-corrected chi connectivity index (χ1v) is 38.7. The van der Waals surface area contributed by atoms with Crippen molar-refractivity contribution in [3.8, 4) is 0 Å². The van der Waals surface area contributed by atoms with E-state index < -0.39 is 24.3 Å². The molecule has 9 nitrogen and oxygen atoms in total. The van der Waals surface area contributed by atoms with Crippen molar-refractivity contribution in [3.63, 3.8) is 0 Å². The summed E-state index contributed by atoms with van der Waals surface area (Å²) in [6.45, 7) is 4.69. The number of esters is 2. The number of carboxylic acid groups (broad SMARTS) is 1. The van der Waals surface area contributed by atoms with Crippen LogP contribution in [0.1, 0.15) is 335 Å². The van der Waals surface area contributed by atoms with Gasteiger partial charge < -0.3 is 28.5 Å². The van der Waals surface area contributed by atoms with E-state index in [-0.39, 0.29) is 32.2 Å². The van der Waals surface area contributed by atoms with E-state index in [0.29, 0.717) is 17.4 Å². The Balaban J connectivity index is 4.03. The topological polar surface area (TPSA) is 108 Å². The normalized spacial score (nSPS) is 13.3. The number of hydrogen-bond donors (Lipinski definition) is 1. The van der Waals surface area contributed by atoms with Crippen molar-refractivity contribution in [1.29, 1.82) is 0 Å². The number of rotatable bonds is 71. The van der Waals surface area contributed by atoms with Crippen LogP contribution in [0.5, 0.6) is 0 Å². The van der Waals surface area contributed by atoms with Crippen molar-refractivity contribution in [1.82, 2.24) is 0 Å². The zero-order valence-electron chi connectivity index (χ0n) is 61.1. The Morgan fingerprint density at radius 2 is 0.581 bits per heavy atom. The Morgan fingerprint density at radius 1 is 0.323 bits per heavy atom. The second kappa shape index (κ2) is 73.5.